The molecule has 0 radical (unpaired) electrons. The van der Waals surface area contributed by atoms with Crippen molar-refractivity contribution in [2.24, 2.45) is 0 Å². The lowest BCUT2D eigenvalue weighted by molar-refractivity contribution is 0.102. The number of hydrogen-bond acceptors (Lipinski definition) is 3. The predicted octanol–water partition coefficient (Wildman–Crippen LogP) is 3.16. The van der Waals surface area contributed by atoms with Crippen molar-refractivity contribution >= 4 is 11.6 Å². The average molecular weight is 245 g/mol. The van der Waals surface area contributed by atoms with E-state index in [0.717, 1.165) is 5.56 Å². The Hall–Kier alpha value is -2.23. The zero-order valence-electron chi connectivity index (χ0n) is 10.6. The molecule has 0 aliphatic heterocycles. The van der Waals surface area contributed by atoms with Crippen molar-refractivity contribution in [2.75, 3.05) is 12.4 Å². The molecule has 0 atom stereocenters. The van der Waals surface area contributed by atoms with Crippen LogP contribution in [0.5, 0.6) is 5.75 Å². The van der Waals surface area contributed by atoms with Crippen molar-refractivity contribution in [3.05, 3.63) is 47.4 Å². The second kappa shape index (κ2) is 4.96. The molecule has 0 aliphatic carbocycles. The number of carbonyl (C=O) groups is 1. The molecule has 1 heterocycles. The number of carbonyl (C=O) groups excluding carboxylic acids is 1. The van der Waals surface area contributed by atoms with Gasteiger partial charge in [-0.25, -0.2) is 0 Å². The molecule has 94 valence electrons. The molecule has 4 nitrogen and oxygen atoms in total. The van der Waals surface area contributed by atoms with E-state index in [1.54, 1.807) is 26.4 Å². The van der Waals surface area contributed by atoms with Crippen LogP contribution in [-0.4, -0.2) is 13.0 Å². The van der Waals surface area contributed by atoms with Gasteiger partial charge >= 0.3 is 0 Å². The maximum atomic E-state index is 12.1. The minimum atomic E-state index is -0.174. The first-order valence-corrected chi connectivity index (χ1v) is 5.62. The summed E-state index contributed by atoms with van der Waals surface area (Å²) in [5.74, 6) is 1.15. The molecule has 0 unspecified atom stereocenters. The van der Waals surface area contributed by atoms with E-state index in [1.807, 2.05) is 25.1 Å². The summed E-state index contributed by atoms with van der Waals surface area (Å²) in [6, 6.07) is 7.22. The summed E-state index contributed by atoms with van der Waals surface area (Å²) in [5.41, 5.74) is 2.10. The van der Waals surface area contributed by atoms with Crippen molar-refractivity contribution in [3.63, 3.8) is 0 Å². The number of ether oxygens (including phenoxy) is 1. The van der Waals surface area contributed by atoms with Crippen LogP contribution in [0.2, 0.25) is 0 Å². The van der Waals surface area contributed by atoms with E-state index < -0.39 is 0 Å². The Morgan fingerprint density at radius 2 is 2.11 bits per heavy atom. The maximum Gasteiger partial charge on any atom is 0.259 e. The lowest BCUT2D eigenvalue weighted by Crippen LogP contribution is -2.13. The summed E-state index contributed by atoms with van der Waals surface area (Å²) in [6.45, 7) is 3.62. The zero-order valence-corrected chi connectivity index (χ0v) is 10.6. The monoisotopic (exact) mass is 245 g/mol. The molecule has 0 fully saturated rings. The maximum absolute atomic E-state index is 12.1. The molecule has 0 saturated heterocycles. The standard InChI is InChI=1S/C14H15NO3/c1-9-8-18-10(2)13(9)14(16)15-11-5-4-6-12(7-11)17-3/h4-8H,1-3H3,(H,15,16). The molecule has 0 saturated carbocycles. The van der Waals surface area contributed by atoms with Crippen LogP contribution in [0.15, 0.2) is 34.9 Å². The average Bonchev–Trinajstić information content (AvgIpc) is 2.69. The molecule has 4 heteroatoms. The van der Waals surface area contributed by atoms with E-state index in [2.05, 4.69) is 5.32 Å². The van der Waals surface area contributed by atoms with Gasteiger partial charge in [0, 0.05) is 17.3 Å². The smallest absolute Gasteiger partial charge is 0.259 e. The summed E-state index contributed by atoms with van der Waals surface area (Å²) < 4.78 is 10.3. The summed E-state index contributed by atoms with van der Waals surface area (Å²) in [6.07, 6.45) is 1.58. The van der Waals surface area contributed by atoms with Gasteiger partial charge < -0.3 is 14.5 Å². The molecule has 0 spiro atoms. The molecule has 0 bridgehead atoms. The van der Waals surface area contributed by atoms with Crippen LogP contribution in [0.25, 0.3) is 0 Å². The number of aryl methyl sites for hydroxylation is 2. The predicted molar refractivity (Wildman–Crippen MR) is 69.1 cm³/mol. The third-order valence-corrected chi connectivity index (χ3v) is 2.71. The molecule has 2 aromatic rings. The van der Waals surface area contributed by atoms with Gasteiger partial charge in [0.05, 0.1) is 18.9 Å². The van der Waals surface area contributed by atoms with E-state index in [-0.39, 0.29) is 5.91 Å². The van der Waals surface area contributed by atoms with E-state index in [4.69, 9.17) is 9.15 Å². The highest BCUT2D eigenvalue weighted by atomic mass is 16.5. The quantitative estimate of drug-likeness (QED) is 0.903. The van der Waals surface area contributed by atoms with Gasteiger partial charge in [-0.1, -0.05) is 6.07 Å². The Kier molecular flexibility index (Phi) is 3.37. The number of nitrogens with one attached hydrogen (secondary N) is 1. The Morgan fingerprint density at radius 1 is 1.33 bits per heavy atom. The molecule has 1 amide bonds. The van der Waals surface area contributed by atoms with Gasteiger partial charge in [0.25, 0.3) is 5.91 Å². The van der Waals surface area contributed by atoms with Crippen LogP contribution in [-0.2, 0) is 0 Å². The third-order valence-electron chi connectivity index (χ3n) is 2.71. The van der Waals surface area contributed by atoms with Gasteiger partial charge in [-0.2, -0.15) is 0 Å². The molecule has 1 aromatic heterocycles. The molecule has 1 aromatic carbocycles. The van der Waals surface area contributed by atoms with Gasteiger partial charge in [-0.05, 0) is 26.0 Å². The summed E-state index contributed by atoms with van der Waals surface area (Å²) in [5, 5.41) is 2.82. The second-order valence-corrected chi connectivity index (χ2v) is 4.04. The van der Waals surface area contributed by atoms with Crippen molar-refractivity contribution in [3.8, 4) is 5.75 Å². The van der Waals surface area contributed by atoms with Crippen molar-refractivity contribution in [1.29, 1.82) is 0 Å². The zero-order chi connectivity index (χ0) is 13.1. The lowest BCUT2D eigenvalue weighted by Gasteiger charge is -2.07. The van der Waals surface area contributed by atoms with Crippen LogP contribution in [0, 0.1) is 13.8 Å². The Bertz CT molecular complexity index is 553. The summed E-state index contributed by atoms with van der Waals surface area (Å²) in [4.78, 5) is 12.1. The number of benzene rings is 1. The number of anilines is 1. The number of rotatable bonds is 3. The van der Waals surface area contributed by atoms with Gasteiger partial charge in [0.15, 0.2) is 0 Å². The van der Waals surface area contributed by atoms with Crippen LogP contribution in [0.3, 0.4) is 0 Å². The van der Waals surface area contributed by atoms with Gasteiger partial charge in [-0.3, -0.25) is 4.79 Å². The van der Waals surface area contributed by atoms with Gasteiger partial charge in [0.2, 0.25) is 0 Å². The SMILES string of the molecule is COc1cccc(NC(=O)c2c(C)coc2C)c1. The van der Waals surface area contributed by atoms with Crippen molar-refractivity contribution in [1.82, 2.24) is 0 Å². The Labute approximate surface area is 106 Å². The van der Waals surface area contributed by atoms with E-state index in [9.17, 15) is 4.79 Å². The van der Waals surface area contributed by atoms with Crippen molar-refractivity contribution < 1.29 is 13.9 Å². The lowest BCUT2D eigenvalue weighted by atomic mass is 10.1. The minimum Gasteiger partial charge on any atom is -0.497 e. The van der Waals surface area contributed by atoms with Crippen LogP contribution < -0.4 is 10.1 Å². The number of methoxy groups -OCH3 is 1. The summed E-state index contributed by atoms with van der Waals surface area (Å²) in [7, 11) is 1.59. The minimum absolute atomic E-state index is 0.174. The highest BCUT2D eigenvalue weighted by molar-refractivity contribution is 6.06. The Morgan fingerprint density at radius 3 is 2.72 bits per heavy atom. The largest absolute Gasteiger partial charge is 0.497 e. The first-order chi connectivity index (χ1) is 8.61. The highest BCUT2D eigenvalue weighted by Crippen LogP contribution is 2.20. The molecule has 2 rings (SSSR count). The molecule has 0 aliphatic rings. The van der Waals surface area contributed by atoms with Gasteiger partial charge in [-0.15, -0.1) is 0 Å². The van der Waals surface area contributed by atoms with E-state index in [1.165, 1.54) is 0 Å². The fourth-order valence-corrected chi connectivity index (χ4v) is 1.81. The fraction of sp³-hybridized carbons (Fsp3) is 0.214. The van der Waals surface area contributed by atoms with Gasteiger partial charge in [0.1, 0.15) is 11.5 Å². The fourth-order valence-electron chi connectivity index (χ4n) is 1.81. The summed E-state index contributed by atoms with van der Waals surface area (Å²) >= 11 is 0. The second-order valence-electron chi connectivity index (χ2n) is 4.04. The molecular weight excluding hydrogens is 230 g/mol. The Balaban J connectivity index is 2.21. The highest BCUT2D eigenvalue weighted by Gasteiger charge is 2.15. The third kappa shape index (κ3) is 2.37. The van der Waals surface area contributed by atoms with Crippen LogP contribution in [0.1, 0.15) is 21.7 Å². The van der Waals surface area contributed by atoms with E-state index >= 15 is 0 Å². The van der Waals surface area contributed by atoms with Crippen molar-refractivity contribution in [2.45, 2.75) is 13.8 Å². The number of furan rings is 1. The normalized spacial score (nSPS) is 10.2. The van der Waals surface area contributed by atoms with Crippen LogP contribution in [0.4, 0.5) is 5.69 Å². The number of hydrogen-bond donors (Lipinski definition) is 1. The molecule has 1 N–H and O–H groups in total. The molecular formula is C14H15NO3. The molecule has 18 heavy (non-hydrogen) atoms. The van der Waals surface area contributed by atoms with E-state index in [0.29, 0.717) is 22.8 Å². The topological polar surface area (TPSA) is 51.5 Å². The first kappa shape index (κ1) is 12.2. The van der Waals surface area contributed by atoms with Crippen LogP contribution >= 0.6 is 0 Å². The first-order valence-electron chi connectivity index (χ1n) is 5.62. The number of amides is 1.